The molecular formula is C13H17N3O2. The van der Waals surface area contributed by atoms with Gasteiger partial charge in [-0.15, -0.1) is 0 Å². The Morgan fingerprint density at radius 3 is 3.00 bits per heavy atom. The summed E-state index contributed by atoms with van der Waals surface area (Å²) in [6.45, 7) is 3.07. The minimum Gasteiger partial charge on any atom is -0.494 e. The van der Waals surface area contributed by atoms with Gasteiger partial charge in [0.1, 0.15) is 11.6 Å². The van der Waals surface area contributed by atoms with Crippen LogP contribution in [0.1, 0.15) is 23.6 Å². The van der Waals surface area contributed by atoms with Gasteiger partial charge in [-0.3, -0.25) is 9.79 Å². The van der Waals surface area contributed by atoms with E-state index in [-0.39, 0.29) is 12.3 Å². The Bertz CT molecular complexity index is 509. The van der Waals surface area contributed by atoms with E-state index in [0.29, 0.717) is 19.0 Å². The van der Waals surface area contributed by atoms with Crippen molar-refractivity contribution in [2.45, 2.75) is 19.9 Å². The van der Waals surface area contributed by atoms with Crippen LogP contribution in [-0.2, 0) is 17.8 Å². The van der Waals surface area contributed by atoms with Crippen molar-refractivity contribution in [2.24, 2.45) is 10.7 Å². The maximum atomic E-state index is 11.5. The second kappa shape index (κ2) is 5.08. The fourth-order valence-electron chi connectivity index (χ4n) is 1.98. The van der Waals surface area contributed by atoms with Crippen molar-refractivity contribution in [2.75, 3.05) is 13.7 Å². The molecule has 0 unspecified atom stereocenters. The highest BCUT2D eigenvalue weighted by atomic mass is 16.5. The molecule has 18 heavy (non-hydrogen) atoms. The average Bonchev–Trinajstić information content (AvgIpc) is 2.71. The molecule has 96 valence electrons. The number of aliphatic imine (C=N–C) groups is 1. The molecule has 1 aromatic rings. The molecule has 5 nitrogen and oxygen atoms in total. The smallest absolute Gasteiger partial charge is 0.224 e. The molecule has 5 heteroatoms. The number of amides is 1. The van der Waals surface area contributed by atoms with E-state index in [1.54, 1.807) is 7.05 Å². The van der Waals surface area contributed by atoms with Crippen LogP contribution in [0.25, 0.3) is 0 Å². The second-order valence-corrected chi connectivity index (χ2v) is 4.10. The first-order valence-corrected chi connectivity index (χ1v) is 5.95. The zero-order chi connectivity index (χ0) is 13.1. The molecule has 0 atom stereocenters. The number of hydrogen-bond acceptors (Lipinski definition) is 4. The van der Waals surface area contributed by atoms with Crippen LogP contribution in [0, 0.1) is 0 Å². The molecule has 0 radical (unpaired) electrons. The molecule has 1 aromatic carbocycles. The van der Waals surface area contributed by atoms with Crippen LogP contribution in [0.4, 0.5) is 0 Å². The molecule has 0 bridgehead atoms. The first kappa shape index (κ1) is 12.4. The Labute approximate surface area is 106 Å². The third kappa shape index (κ3) is 2.30. The predicted octanol–water partition coefficient (Wildman–Crippen LogP) is 0.593. The summed E-state index contributed by atoms with van der Waals surface area (Å²) in [4.78, 5) is 15.7. The number of nitrogens with one attached hydrogen (secondary N) is 1. The normalized spacial score (nSPS) is 12.9. The summed E-state index contributed by atoms with van der Waals surface area (Å²) >= 11 is 0. The first-order valence-electron chi connectivity index (χ1n) is 5.95. The molecule has 0 spiro atoms. The molecule has 0 aromatic heterocycles. The van der Waals surface area contributed by atoms with Crippen molar-refractivity contribution in [3.05, 3.63) is 28.8 Å². The molecule has 3 N–H and O–H groups in total. The summed E-state index contributed by atoms with van der Waals surface area (Å²) in [7, 11) is 1.62. The molecule has 1 aliphatic heterocycles. The summed E-state index contributed by atoms with van der Waals surface area (Å²) in [5.41, 5.74) is 8.62. The van der Waals surface area contributed by atoms with Gasteiger partial charge in [0, 0.05) is 18.2 Å². The SMILES string of the molecule is CCOc1cc2c(cc1CC(=O)NC)C(N)=NC2. The van der Waals surface area contributed by atoms with Crippen LogP contribution in [0.3, 0.4) is 0 Å². The van der Waals surface area contributed by atoms with Crippen LogP contribution in [0.2, 0.25) is 0 Å². The number of rotatable bonds is 4. The molecule has 1 heterocycles. The Morgan fingerprint density at radius 1 is 1.56 bits per heavy atom. The van der Waals surface area contributed by atoms with Gasteiger partial charge in [-0.1, -0.05) is 0 Å². The van der Waals surface area contributed by atoms with Gasteiger partial charge in [0.15, 0.2) is 0 Å². The van der Waals surface area contributed by atoms with Gasteiger partial charge in [0.05, 0.1) is 19.6 Å². The lowest BCUT2D eigenvalue weighted by molar-refractivity contribution is -0.119. The van der Waals surface area contributed by atoms with Crippen LogP contribution >= 0.6 is 0 Å². The number of benzene rings is 1. The van der Waals surface area contributed by atoms with Gasteiger partial charge in [0.25, 0.3) is 0 Å². The van der Waals surface area contributed by atoms with Gasteiger partial charge in [-0.05, 0) is 24.6 Å². The van der Waals surface area contributed by atoms with Crippen LogP contribution in [0.5, 0.6) is 5.75 Å². The third-order valence-electron chi connectivity index (χ3n) is 2.91. The Balaban J connectivity index is 2.38. The van der Waals surface area contributed by atoms with Crippen molar-refractivity contribution in [3.8, 4) is 5.75 Å². The third-order valence-corrected chi connectivity index (χ3v) is 2.91. The number of carbonyl (C=O) groups excluding carboxylic acids is 1. The largest absolute Gasteiger partial charge is 0.494 e. The Hall–Kier alpha value is -2.04. The highest BCUT2D eigenvalue weighted by Crippen LogP contribution is 2.28. The van der Waals surface area contributed by atoms with E-state index in [1.165, 1.54) is 0 Å². The summed E-state index contributed by atoms with van der Waals surface area (Å²) in [6, 6.07) is 3.84. The molecular weight excluding hydrogens is 230 g/mol. The molecule has 0 saturated heterocycles. The van der Waals surface area contributed by atoms with Crippen molar-refractivity contribution < 1.29 is 9.53 Å². The van der Waals surface area contributed by atoms with E-state index in [0.717, 1.165) is 22.4 Å². The lowest BCUT2D eigenvalue weighted by atomic mass is 10.0. The van der Waals surface area contributed by atoms with E-state index in [9.17, 15) is 4.79 Å². The number of carbonyl (C=O) groups is 1. The monoisotopic (exact) mass is 247 g/mol. The van der Waals surface area contributed by atoms with E-state index < -0.39 is 0 Å². The fourth-order valence-corrected chi connectivity index (χ4v) is 1.98. The second-order valence-electron chi connectivity index (χ2n) is 4.10. The lowest BCUT2D eigenvalue weighted by Crippen LogP contribution is -2.21. The number of fused-ring (bicyclic) bond motifs is 1. The lowest BCUT2D eigenvalue weighted by Gasteiger charge is -2.12. The molecule has 1 amide bonds. The number of hydrogen-bond donors (Lipinski definition) is 2. The average molecular weight is 247 g/mol. The van der Waals surface area contributed by atoms with Gasteiger partial charge >= 0.3 is 0 Å². The standard InChI is InChI=1S/C13H17N3O2/c1-3-18-11-5-9-7-16-13(14)10(9)4-8(11)6-12(17)15-2/h4-5H,3,6-7H2,1-2H3,(H2,14,16)(H,15,17). The highest BCUT2D eigenvalue weighted by molar-refractivity contribution is 6.01. The zero-order valence-corrected chi connectivity index (χ0v) is 10.6. The van der Waals surface area contributed by atoms with Gasteiger partial charge in [-0.2, -0.15) is 0 Å². The fraction of sp³-hybridized carbons (Fsp3) is 0.385. The summed E-state index contributed by atoms with van der Waals surface area (Å²) < 4.78 is 5.57. The quantitative estimate of drug-likeness (QED) is 0.817. The van der Waals surface area contributed by atoms with E-state index in [2.05, 4.69) is 10.3 Å². The molecule has 1 aliphatic rings. The number of nitrogens with zero attached hydrogens (tertiary/aromatic N) is 1. The van der Waals surface area contributed by atoms with Crippen LogP contribution in [-0.4, -0.2) is 25.4 Å². The van der Waals surface area contributed by atoms with Crippen molar-refractivity contribution in [3.63, 3.8) is 0 Å². The minimum absolute atomic E-state index is 0.0515. The van der Waals surface area contributed by atoms with Crippen LogP contribution < -0.4 is 15.8 Å². The summed E-state index contributed by atoms with van der Waals surface area (Å²) in [5, 5.41) is 2.61. The number of ether oxygens (including phenoxy) is 1. The summed E-state index contributed by atoms with van der Waals surface area (Å²) in [6.07, 6.45) is 0.284. The Kier molecular flexibility index (Phi) is 3.50. The maximum Gasteiger partial charge on any atom is 0.224 e. The molecule has 0 fully saturated rings. The number of likely N-dealkylation sites (N-methyl/N-ethyl adjacent to an activating group) is 1. The number of amidine groups is 1. The van der Waals surface area contributed by atoms with Gasteiger partial charge in [-0.25, -0.2) is 0 Å². The number of nitrogens with two attached hydrogens (primary N) is 1. The predicted molar refractivity (Wildman–Crippen MR) is 69.8 cm³/mol. The Morgan fingerprint density at radius 2 is 2.33 bits per heavy atom. The van der Waals surface area contributed by atoms with Crippen molar-refractivity contribution >= 4 is 11.7 Å². The zero-order valence-electron chi connectivity index (χ0n) is 10.6. The van der Waals surface area contributed by atoms with Crippen LogP contribution in [0.15, 0.2) is 17.1 Å². The topological polar surface area (TPSA) is 76.7 Å². The van der Waals surface area contributed by atoms with E-state index >= 15 is 0 Å². The summed E-state index contributed by atoms with van der Waals surface area (Å²) in [5.74, 6) is 1.22. The van der Waals surface area contributed by atoms with E-state index in [1.807, 2.05) is 19.1 Å². The highest BCUT2D eigenvalue weighted by Gasteiger charge is 2.18. The molecule has 0 aliphatic carbocycles. The van der Waals surface area contributed by atoms with Crippen molar-refractivity contribution in [1.82, 2.24) is 5.32 Å². The minimum atomic E-state index is -0.0515. The molecule has 0 saturated carbocycles. The van der Waals surface area contributed by atoms with E-state index in [4.69, 9.17) is 10.5 Å². The first-order chi connectivity index (χ1) is 8.65. The van der Waals surface area contributed by atoms with Gasteiger partial charge in [0.2, 0.25) is 5.91 Å². The maximum absolute atomic E-state index is 11.5. The van der Waals surface area contributed by atoms with Gasteiger partial charge < -0.3 is 15.8 Å². The van der Waals surface area contributed by atoms with Crippen molar-refractivity contribution in [1.29, 1.82) is 0 Å². The molecule has 2 rings (SSSR count).